The minimum Gasteiger partial charge on any atom is -0.507 e. The number of pyridine rings is 2. The third kappa shape index (κ3) is 4.18. The van der Waals surface area contributed by atoms with Crippen molar-refractivity contribution in [2.45, 2.75) is 45.5 Å². The van der Waals surface area contributed by atoms with Crippen LogP contribution < -0.4 is 25.1 Å². The van der Waals surface area contributed by atoms with Crippen LogP contribution in [0.5, 0.6) is 40.2 Å². The maximum atomic E-state index is 13.9. The lowest BCUT2D eigenvalue weighted by atomic mass is 9.95. The first-order valence-corrected chi connectivity index (χ1v) is 16.0. The number of rotatable bonds is 3. The van der Waals surface area contributed by atoms with Crippen LogP contribution in [0.25, 0.3) is 49.7 Å². The number of benzene rings is 4. The van der Waals surface area contributed by atoms with Gasteiger partial charge in [0.05, 0.1) is 49.2 Å². The molecule has 0 spiro atoms. The molecule has 2 unspecified atom stereocenters. The number of phenols is 3. The molecule has 2 atom stereocenters. The summed E-state index contributed by atoms with van der Waals surface area (Å²) in [4.78, 5) is 27.8. The molecule has 6 aromatic rings. The van der Waals surface area contributed by atoms with Gasteiger partial charge in [0.1, 0.15) is 40.8 Å². The van der Waals surface area contributed by atoms with Gasteiger partial charge in [0.2, 0.25) is 10.9 Å². The molecule has 4 heterocycles. The third-order valence-corrected chi connectivity index (χ3v) is 9.73. The Balaban J connectivity index is 1.36. The highest BCUT2D eigenvalue weighted by Crippen LogP contribution is 2.48. The molecule has 0 radical (unpaired) electrons. The van der Waals surface area contributed by atoms with Crippen molar-refractivity contribution in [3.8, 4) is 40.2 Å². The zero-order valence-corrected chi connectivity index (χ0v) is 27.7. The molecule has 8 rings (SSSR count). The van der Waals surface area contributed by atoms with Gasteiger partial charge in [-0.25, -0.2) is 0 Å². The van der Waals surface area contributed by atoms with Crippen molar-refractivity contribution in [3.63, 3.8) is 0 Å². The van der Waals surface area contributed by atoms with E-state index in [0.29, 0.717) is 39.2 Å². The lowest BCUT2D eigenvalue weighted by molar-refractivity contribution is 0.0386. The van der Waals surface area contributed by atoms with E-state index in [0.717, 1.165) is 0 Å². The van der Waals surface area contributed by atoms with E-state index in [1.54, 1.807) is 41.4 Å². The number of hydrogen-bond acceptors (Lipinski definition) is 9. The highest BCUT2D eigenvalue weighted by molar-refractivity contribution is 6.04. The van der Waals surface area contributed by atoms with E-state index in [4.69, 9.17) is 14.2 Å². The molecule has 4 aromatic carbocycles. The van der Waals surface area contributed by atoms with Gasteiger partial charge >= 0.3 is 0 Å². The molecule has 11 nitrogen and oxygen atoms in total. The van der Waals surface area contributed by atoms with E-state index in [-0.39, 0.29) is 61.7 Å². The fourth-order valence-electron chi connectivity index (χ4n) is 7.46. The van der Waals surface area contributed by atoms with Gasteiger partial charge in [-0.1, -0.05) is 19.9 Å². The molecule has 11 heteroatoms. The van der Waals surface area contributed by atoms with E-state index >= 15 is 0 Å². The van der Waals surface area contributed by atoms with E-state index in [1.807, 2.05) is 39.8 Å². The normalized spacial score (nSPS) is 17.9. The second-order valence-electron chi connectivity index (χ2n) is 13.7. The van der Waals surface area contributed by atoms with Gasteiger partial charge in [0.15, 0.2) is 17.2 Å². The summed E-state index contributed by atoms with van der Waals surface area (Å²) in [7, 11) is 3.38. The number of phenolic OH excluding ortho intramolecular Hbond substituents is 3. The summed E-state index contributed by atoms with van der Waals surface area (Å²) >= 11 is 0. The highest BCUT2D eigenvalue weighted by atomic mass is 16.5. The number of aromatic nitrogens is 2. The highest BCUT2D eigenvalue weighted by Gasteiger charge is 2.39. The quantitative estimate of drug-likeness (QED) is 0.161. The Labute approximate surface area is 279 Å². The fraction of sp³-hybridized carbons (Fsp3) is 0.263. The Kier molecular flexibility index (Phi) is 6.35. The molecule has 2 aliphatic heterocycles. The monoisotopic (exact) mass is 662 g/mol. The minimum absolute atomic E-state index is 0.00761. The largest absolute Gasteiger partial charge is 0.507 e. The first-order valence-electron chi connectivity index (χ1n) is 16.0. The van der Waals surface area contributed by atoms with Crippen LogP contribution in [0.2, 0.25) is 0 Å². The van der Waals surface area contributed by atoms with Crippen molar-refractivity contribution in [2.24, 2.45) is 20.0 Å². The molecule has 0 fully saturated rings. The number of aromatic hydroxyl groups is 3. The Morgan fingerprint density at radius 1 is 0.816 bits per heavy atom. The zero-order chi connectivity index (χ0) is 34.8. The molecular weight excluding hydrogens is 628 g/mol. The second kappa shape index (κ2) is 10.2. The van der Waals surface area contributed by atoms with Crippen molar-refractivity contribution >= 4 is 49.7 Å². The summed E-state index contributed by atoms with van der Waals surface area (Å²) in [6.45, 7) is 7.59. The lowest BCUT2D eigenvalue weighted by Gasteiger charge is -2.29. The van der Waals surface area contributed by atoms with Crippen LogP contribution in [0, 0.1) is 5.92 Å². The predicted octanol–water partition coefficient (Wildman–Crippen LogP) is 6.24. The summed E-state index contributed by atoms with van der Waals surface area (Å²) in [5.74, 6) is 0.0195. The molecule has 49 heavy (non-hydrogen) atoms. The van der Waals surface area contributed by atoms with Crippen LogP contribution >= 0.6 is 0 Å². The molecule has 0 aliphatic carbocycles. The van der Waals surface area contributed by atoms with Crippen LogP contribution in [0.4, 0.5) is 0 Å². The average Bonchev–Trinajstić information content (AvgIpc) is 3.37. The molecule has 2 aliphatic rings. The first-order chi connectivity index (χ1) is 23.2. The van der Waals surface area contributed by atoms with Gasteiger partial charge in [-0.2, -0.15) is 0 Å². The van der Waals surface area contributed by atoms with Crippen molar-refractivity contribution in [3.05, 3.63) is 80.1 Å². The summed E-state index contributed by atoms with van der Waals surface area (Å²) in [6.07, 6.45) is 2.07. The summed E-state index contributed by atoms with van der Waals surface area (Å²) in [5, 5.41) is 45.6. The molecule has 0 saturated carbocycles. The maximum absolute atomic E-state index is 13.9. The van der Waals surface area contributed by atoms with E-state index in [9.17, 15) is 30.0 Å². The lowest BCUT2D eigenvalue weighted by Crippen LogP contribution is -2.28. The van der Waals surface area contributed by atoms with Crippen LogP contribution in [0.3, 0.4) is 0 Å². The van der Waals surface area contributed by atoms with Crippen LogP contribution in [0.15, 0.2) is 58.1 Å². The summed E-state index contributed by atoms with van der Waals surface area (Å²) in [5.41, 5.74) is 0.606. The van der Waals surface area contributed by atoms with Crippen LogP contribution in [-0.2, 0) is 14.1 Å². The smallest absolute Gasteiger partial charge is 0.201 e. The number of aryl methyl sites for hydroxylation is 2. The molecule has 2 aromatic heterocycles. The average molecular weight is 663 g/mol. The minimum atomic E-state index is -1.05. The number of fused-ring (bicyclic) bond motifs is 8. The second-order valence-corrected chi connectivity index (χ2v) is 13.7. The van der Waals surface area contributed by atoms with Crippen LogP contribution in [-0.4, -0.2) is 41.3 Å². The standard InChI is InChI=1S/C38H34N2O9/c1-16(2)37-36(46)28-25(48-37)15-21(42)27-32(28)39(5)29-18(33(27)43)8-7-9-22(29)47-23-11-10-19-31(35(23)45)40(6)30-17-12-13-38(3,4)49-24(17)14-20(41)26(30)34(19)44/h7-16,36-37,41-42,45-46H,1-6H3. The number of para-hydroxylation sites is 1. The zero-order valence-electron chi connectivity index (χ0n) is 27.7. The van der Waals surface area contributed by atoms with Crippen molar-refractivity contribution in [2.75, 3.05) is 0 Å². The van der Waals surface area contributed by atoms with Gasteiger partial charge in [-0.3, -0.25) is 9.59 Å². The number of aliphatic hydroxyl groups is 1. The molecule has 0 bridgehead atoms. The number of hydrogen-bond donors (Lipinski definition) is 4. The first kappa shape index (κ1) is 30.6. The number of aliphatic hydroxyl groups excluding tert-OH is 1. The molecule has 250 valence electrons. The topological polar surface area (TPSA) is 153 Å². The molecule has 0 amide bonds. The number of ether oxygens (including phenoxy) is 3. The Hall–Kier alpha value is -5.68. The van der Waals surface area contributed by atoms with Gasteiger partial charge in [-0.15, -0.1) is 0 Å². The molecule has 4 N–H and O–H groups in total. The van der Waals surface area contributed by atoms with Crippen molar-refractivity contribution < 1.29 is 34.6 Å². The third-order valence-electron chi connectivity index (χ3n) is 9.73. The predicted molar refractivity (Wildman–Crippen MR) is 186 cm³/mol. The molecular formula is C38H34N2O9. The van der Waals surface area contributed by atoms with Gasteiger partial charge < -0.3 is 43.8 Å². The van der Waals surface area contributed by atoms with Crippen molar-refractivity contribution in [1.29, 1.82) is 0 Å². The van der Waals surface area contributed by atoms with Gasteiger partial charge in [0.25, 0.3) is 0 Å². The van der Waals surface area contributed by atoms with Crippen LogP contribution in [0.1, 0.15) is 44.9 Å². The Bertz CT molecular complexity index is 2610. The maximum Gasteiger partial charge on any atom is 0.201 e. The van der Waals surface area contributed by atoms with E-state index in [1.165, 1.54) is 24.3 Å². The summed E-state index contributed by atoms with van der Waals surface area (Å²) < 4.78 is 21.8. The Morgan fingerprint density at radius 2 is 1.45 bits per heavy atom. The summed E-state index contributed by atoms with van der Waals surface area (Å²) in [6, 6.07) is 10.7. The van der Waals surface area contributed by atoms with Gasteiger partial charge in [-0.05, 0) is 56.2 Å². The van der Waals surface area contributed by atoms with E-state index in [2.05, 4.69) is 0 Å². The SMILES string of the molecule is CC(C)C1Oc2cc(O)c3c(=O)c4cccc(Oc5ccc6c(=O)c7c(O)cc8c(c7n(C)c6c5O)C=CC(C)(C)O8)c4n(C)c3c2C1O. The fourth-order valence-corrected chi connectivity index (χ4v) is 7.46. The Morgan fingerprint density at radius 3 is 2.14 bits per heavy atom. The van der Waals surface area contributed by atoms with E-state index < -0.39 is 28.7 Å². The van der Waals surface area contributed by atoms with Gasteiger partial charge in [0, 0.05) is 31.8 Å². The number of nitrogens with zero attached hydrogens (tertiary/aromatic N) is 2. The van der Waals surface area contributed by atoms with Crippen molar-refractivity contribution in [1.82, 2.24) is 9.13 Å². The molecule has 0 saturated heterocycles.